The number of carboxylic acid groups (broad SMARTS) is 1. The van der Waals surface area contributed by atoms with Crippen molar-refractivity contribution in [3.05, 3.63) is 17.0 Å². The number of carboxylic acids is 1. The molecule has 0 bridgehead atoms. The molecule has 0 unspecified atom stereocenters. The van der Waals surface area contributed by atoms with Crippen molar-refractivity contribution in [2.24, 2.45) is 0 Å². The molecule has 1 fully saturated rings. The van der Waals surface area contributed by atoms with Gasteiger partial charge in [0.05, 0.1) is 19.6 Å². The number of hydrogen-bond acceptors (Lipinski definition) is 6. The first-order chi connectivity index (χ1) is 9.97. The highest BCUT2D eigenvalue weighted by Gasteiger charge is 2.18. The van der Waals surface area contributed by atoms with Crippen LogP contribution in [0.3, 0.4) is 0 Å². The Labute approximate surface area is 127 Å². The van der Waals surface area contributed by atoms with Gasteiger partial charge in [-0.3, -0.25) is 9.69 Å². The fourth-order valence-electron chi connectivity index (χ4n) is 1.98. The number of sulfonamides is 1. The lowest BCUT2D eigenvalue weighted by atomic mass is 10.3. The van der Waals surface area contributed by atoms with Gasteiger partial charge in [0, 0.05) is 31.1 Å². The maximum atomic E-state index is 12.1. The van der Waals surface area contributed by atoms with Crippen LogP contribution in [0.15, 0.2) is 16.3 Å². The minimum absolute atomic E-state index is 0.153. The first-order valence-corrected chi connectivity index (χ1v) is 8.87. The summed E-state index contributed by atoms with van der Waals surface area (Å²) in [6, 6.07) is 2.98. The fraction of sp³-hybridized carbons (Fsp3) is 0.583. The van der Waals surface area contributed by atoms with Gasteiger partial charge in [-0.1, -0.05) is 0 Å². The largest absolute Gasteiger partial charge is 0.481 e. The zero-order valence-corrected chi connectivity index (χ0v) is 13.1. The number of rotatable bonds is 7. The molecule has 21 heavy (non-hydrogen) atoms. The molecule has 9 heteroatoms. The van der Waals surface area contributed by atoms with Crippen molar-refractivity contribution in [3.8, 4) is 0 Å². The minimum atomic E-state index is -3.56. The minimum Gasteiger partial charge on any atom is -0.481 e. The Morgan fingerprint density at radius 1 is 1.38 bits per heavy atom. The zero-order chi connectivity index (χ0) is 15.3. The first kappa shape index (κ1) is 16.4. The molecule has 0 atom stereocenters. The molecule has 0 radical (unpaired) electrons. The number of ether oxygens (including phenoxy) is 1. The third-order valence-corrected chi connectivity index (χ3v) is 6.09. The Morgan fingerprint density at radius 3 is 2.76 bits per heavy atom. The van der Waals surface area contributed by atoms with Crippen LogP contribution in [0.1, 0.15) is 4.88 Å². The smallest absolute Gasteiger partial charge is 0.308 e. The average Bonchev–Trinajstić information content (AvgIpc) is 2.88. The number of hydrogen-bond donors (Lipinski definition) is 2. The van der Waals surface area contributed by atoms with Crippen molar-refractivity contribution in [2.75, 3.05) is 39.4 Å². The highest BCUT2D eigenvalue weighted by molar-refractivity contribution is 7.91. The van der Waals surface area contributed by atoms with Gasteiger partial charge in [-0.05, 0) is 12.1 Å². The highest BCUT2D eigenvalue weighted by Crippen LogP contribution is 2.21. The summed E-state index contributed by atoms with van der Waals surface area (Å²) < 4.78 is 32.1. The van der Waals surface area contributed by atoms with Gasteiger partial charge in [0.2, 0.25) is 10.0 Å². The van der Waals surface area contributed by atoms with E-state index in [4.69, 9.17) is 9.84 Å². The van der Waals surface area contributed by atoms with Crippen LogP contribution in [0.2, 0.25) is 0 Å². The van der Waals surface area contributed by atoms with Gasteiger partial charge in [-0.2, -0.15) is 0 Å². The molecule has 0 aromatic carbocycles. The number of thiophene rings is 1. The molecule has 2 heterocycles. The summed E-state index contributed by atoms with van der Waals surface area (Å²) in [6.45, 7) is 3.93. The number of nitrogens with zero attached hydrogens (tertiary/aromatic N) is 1. The Balaban J connectivity index is 1.85. The van der Waals surface area contributed by atoms with Crippen LogP contribution in [-0.2, 0) is 26.0 Å². The Bertz CT molecular complexity index is 578. The molecule has 118 valence electrons. The Morgan fingerprint density at radius 2 is 2.10 bits per heavy atom. The lowest BCUT2D eigenvalue weighted by Gasteiger charge is -2.26. The topological polar surface area (TPSA) is 95.9 Å². The monoisotopic (exact) mass is 334 g/mol. The summed E-state index contributed by atoms with van der Waals surface area (Å²) in [5, 5.41) is 8.69. The Kier molecular flexibility index (Phi) is 5.71. The Hall–Kier alpha value is -1.00. The van der Waals surface area contributed by atoms with E-state index >= 15 is 0 Å². The fourth-order valence-corrected chi connectivity index (χ4v) is 4.39. The third-order valence-electron chi connectivity index (χ3n) is 3.05. The normalized spacial score (nSPS) is 17.0. The second-order valence-electron chi connectivity index (χ2n) is 4.64. The van der Waals surface area contributed by atoms with Crippen LogP contribution < -0.4 is 4.72 Å². The van der Waals surface area contributed by atoms with E-state index in [1.807, 2.05) is 0 Å². The third kappa shape index (κ3) is 5.04. The summed E-state index contributed by atoms with van der Waals surface area (Å²) in [4.78, 5) is 13.3. The summed E-state index contributed by atoms with van der Waals surface area (Å²) in [7, 11) is -3.56. The lowest BCUT2D eigenvalue weighted by molar-refractivity contribution is -0.136. The molecule has 0 aliphatic carbocycles. The quantitative estimate of drug-likeness (QED) is 0.728. The SMILES string of the molecule is O=C(O)Cc1ccc(S(=O)(=O)NCCN2CCOCC2)s1. The van der Waals surface area contributed by atoms with Crippen LogP contribution in [0.5, 0.6) is 0 Å². The van der Waals surface area contributed by atoms with E-state index in [1.165, 1.54) is 12.1 Å². The molecular weight excluding hydrogens is 316 g/mol. The molecule has 0 saturated carbocycles. The van der Waals surface area contributed by atoms with Crippen molar-refractivity contribution in [1.82, 2.24) is 9.62 Å². The van der Waals surface area contributed by atoms with E-state index in [9.17, 15) is 13.2 Å². The van der Waals surface area contributed by atoms with Crippen molar-refractivity contribution in [3.63, 3.8) is 0 Å². The summed E-state index contributed by atoms with van der Waals surface area (Å²) >= 11 is 0.989. The van der Waals surface area contributed by atoms with Gasteiger partial charge < -0.3 is 9.84 Å². The van der Waals surface area contributed by atoms with E-state index in [0.29, 0.717) is 31.2 Å². The molecule has 0 spiro atoms. The van der Waals surface area contributed by atoms with Gasteiger partial charge in [-0.25, -0.2) is 13.1 Å². The van der Waals surface area contributed by atoms with Crippen molar-refractivity contribution >= 4 is 27.3 Å². The van der Waals surface area contributed by atoms with Crippen molar-refractivity contribution in [2.45, 2.75) is 10.6 Å². The predicted molar refractivity (Wildman–Crippen MR) is 78.1 cm³/mol. The first-order valence-electron chi connectivity index (χ1n) is 6.57. The standard InChI is InChI=1S/C12H18N2O5S2/c15-11(16)9-10-1-2-12(20-10)21(17,18)13-3-4-14-5-7-19-8-6-14/h1-2,13H,3-9H2,(H,15,16). The van der Waals surface area contributed by atoms with Gasteiger partial charge in [0.15, 0.2) is 0 Å². The molecule has 1 saturated heterocycles. The van der Waals surface area contributed by atoms with E-state index in [0.717, 1.165) is 24.4 Å². The molecule has 1 aromatic rings. The molecule has 7 nitrogen and oxygen atoms in total. The van der Waals surface area contributed by atoms with Crippen LogP contribution in [0, 0.1) is 0 Å². The molecule has 0 amide bonds. The molecule has 2 N–H and O–H groups in total. The summed E-state index contributed by atoms with van der Waals surface area (Å²) in [6.07, 6.45) is -0.159. The van der Waals surface area contributed by atoms with Crippen LogP contribution in [0.25, 0.3) is 0 Å². The molecular formula is C12H18N2O5S2. The van der Waals surface area contributed by atoms with Gasteiger partial charge in [0.1, 0.15) is 4.21 Å². The van der Waals surface area contributed by atoms with E-state index in [1.54, 1.807) is 0 Å². The summed E-state index contributed by atoms with van der Waals surface area (Å²) in [5.41, 5.74) is 0. The van der Waals surface area contributed by atoms with Crippen molar-refractivity contribution < 1.29 is 23.1 Å². The molecule has 2 rings (SSSR count). The predicted octanol–water partition coefficient (Wildman–Crippen LogP) is -0.0143. The zero-order valence-electron chi connectivity index (χ0n) is 11.4. The van der Waals surface area contributed by atoms with Crippen LogP contribution in [0.4, 0.5) is 0 Å². The lowest BCUT2D eigenvalue weighted by Crippen LogP contribution is -2.41. The van der Waals surface area contributed by atoms with E-state index in [-0.39, 0.29) is 10.6 Å². The second kappa shape index (κ2) is 7.32. The number of morpholine rings is 1. The molecule has 1 aromatic heterocycles. The number of aliphatic carboxylic acids is 1. The maximum absolute atomic E-state index is 12.1. The highest BCUT2D eigenvalue weighted by atomic mass is 32.2. The molecule has 1 aliphatic heterocycles. The van der Waals surface area contributed by atoms with Crippen LogP contribution >= 0.6 is 11.3 Å². The van der Waals surface area contributed by atoms with Gasteiger partial charge in [-0.15, -0.1) is 11.3 Å². The van der Waals surface area contributed by atoms with Gasteiger partial charge in [0.25, 0.3) is 0 Å². The van der Waals surface area contributed by atoms with Crippen LogP contribution in [-0.4, -0.2) is 63.8 Å². The number of carbonyl (C=O) groups is 1. The van der Waals surface area contributed by atoms with Crippen molar-refractivity contribution in [1.29, 1.82) is 0 Å². The van der Waals surface area contributed by atoms with E-state index in [2.05, 4.69) is 9.62 Å². The number of nitrogens with one attached hydrogen (secondary N) is 1. The van der Waals surface area contributed by atoms with E-state index < -0.39 is 16.0 Å². The summed E-state index contributed by atoms with van der Waals surface area (Å²) in [5.74, 6) is -0.971. The molecule has 1 aliphatic rings. The average molecular weight is 334 g/mol. The maximum Gasteiger partial charge on any atom is 0.308 e. The second-order valence-corrected chi connectivity index (χ2v) is 7.81. The van der Waals surface area contributed by atoms with Gasteiger partial charge >= 0.3 is 5.97 Å².